The fraction of sp³-hybridized carbons (Fsp3) is 0.308. The molecule has 1 aliphatic carbocycles. The van der Waals surface area contributed by atoms with E-state index in [9.17, 15) is 4.79 Å². The molecule has 0 N–H and O–H groups in total. The Bertz CT molecular complexity index is 486. The van der Waals surface area contributed by atoms with Gasteiger partial charge >= 0.3 is 0 Å². The van der Waals surface area contributed by atoms with Crippen LogP contribution in [0.3, 0.4) is 0 Å². The second-order valence-electron chi connectivity index (χ2n) is 4.29. The van der Waals surface area contributed by atoms with Crippen molar-refractivity contribution >= 4 is 17.5 Å². The van der Waals surface area contributed by atoms with Crippen molar-refractivity contribution in [1.82, 2.24) is 5.06 Å². The molecule has 2 aliphatic rings. The minimum absolute atomic E-state index is 0.0291. The summed E-state index contributed by atoms with van der Waals surface area (Å²) in [7, 11) is 0. The van der Waals surface area contributed by atoms with E-state index < -0.39 is 0 Å². The van der Waals surface area contributed by atoms with Crippen molar-refractivity contribution in [1.29, 1.82) is 0 Å². The van der Waals surface area contributed by atoms with Crippen LogP contribution in [0.2, 0.25) is 5.02 Å². The van der Waals surface area contributed by atoms with Gasteiger partial charge in [-0.05, 0) is 24.3 Å². The molecule has 1 amide bonds. The van der Waals surface area contributed by atoms with E-state index in [0.717, 1.165) is 6.42 Å². The number of ether oxygens (including phenoxy) is 1. The summed E-state index contributed by atoms with van der Waals surface area (Å²) >= 11 is 5.76. The summed E-state index contributed by atoms with van der Waals surface area (Å²) in [5, 5.41) is 2.04. The highest BCUT2D eigenvalue weighted by Crippen LogP contribution is 2.29. The lowest BCUT2D eigenvalue weighted by Gasteiger charge is -2.22. The zero-order chi connectivity index (χ0) is 12.5. The molecular formula is C13H12ClNO3. The van der Waals surface area contributed by atoms with Crippen LogP contribution >= 0.6 is 11.6 Å². The Morgan fingerprint density at radius 3 is 2.78 bits per heavy atom. The van der Waals surface area contributed by atoms with Crippen LogP contribution in [-0.2, 0) is 9.63 Å². The van der Waals surface area contributed by atoms with E-state index in [1.54, 1.807) is 24.3 Å². The summed E-state index contributed by atoms with van der Waals surface area (Å²) in [5.74, 6) is 0.453. The van der Waals surface area contributed by atoms with Crippen molar-refractivity contribution in [2.75, 3.05) is 6.61 Å². The molecule has 0 aromatic heterocycles. The topological polar surface area (TPSA) is 38.8 Å². The largest absolute Gasteiger partial charge is 0.484 e. The molecule has 1 fully saturated rings. The molecule has 94 valence electrons. The Labute approximate surface area is 110 Å². The number of hydroxylamine groups is 2. The van der Waals surface area contributed by atoms with Crippen LogP contribution in [0.1, 0.15) is 6.42 Å². The molecule has 2 atom stereocenters. The van der Waals surface area contributed by atoms with Crippen LogP contribution < -0.4 is 4.74 Å². The number of halogens is 1. The smallest absolute Gasteiger partial charge is 0.284 e. The second kappa shape index (κ2) is 4.63. The summed E-state index contributed by atoms with van der Waals surface area (Å²) in [6.07, 6.45) is 4.88. The van der Waals surface area contributed by atoms with Gasteiger partial charge in [-0.1, -0.05) is 23.8 Å². The number of nitrogens with zero attached hydrogens (tertiary/aromatic N) is 1. The zero-order valence-corrected chi connectivity index (χ0v) is 10.3. The van der Waals surface area contributed by atoms with Gasteiger partial charge in [0, 0.05) is 11.4 Å². The maximum atomic E-state index is 11.9. The Kier molecular flexibility index (Phi) is 2.97. The van der Waals surface area contributed by atoms with E-state index in [1.807, 2.05) is 12.2 Å². The van der Waals surface area contributed by atoms with Gasteiger partial charge in [0.05, 0.1) is 6.04 Å². The lowest BCUT2D eigenvalue weighted by molar-refractivity contribution is -0.184. The van der Waals surface area contributed by atoms with Crippen LogP contribution in [0.25, 0.3) is 0 Å². The van der Waals surface area contributed by atoms with Crippen molar-refractivity contribution < 1.29 is 14.4 Å². The quantitative estimate of drug-likeness (QED) is 0.787. The number of rotatable bonds is 3. The van der Waals surface area contributed by atoms with Gasteiger partial charge < -0.3 is 4.74 Å². The highest BCUT2D eigenvalue weighted by molar-refractivity contribution is 6.30. The highest BCUT2D eigenvalue weighted by Gasteiger charge is 2.38. The molecule has 3 rings (SSSR count). The Hall–Kier alpha value is -1.52. The van der Waals surface area contributed by atoms with E-state index in [1.165, 1.54) is 5.06 Å². The molecule has 2 unspecified atom stereocenters. The summed E-state index contributed by atoms with van der Waals surface area (Å²) in [6.45, 7) is -0.0291. The molecule has 1 heterocycles. The average molecular weight is 266 g/mol. The van der Waals surface area contributed by atoms with Gasteiger partial charge in [0.15, 0.2) is 6.61 Å². The third kappa shape index (κ3) is 2.21. The van der Waals surface area contributed by atoms with Crippen LogP contribution in [0.4, 0.5) is 0 Å². The molecule has 1 saturated heterocycles. The Morgan fingerprint density at radius 1 is 1.39 bits per heavy atom. The number of carbonyl (C=O) groups is 1. The molecule has 1 aromatic rings. The van der Waals surface area contributed by atoms with Crippen LogP contribution in [0, 0.1) is 0 Å². The molecule has 1 aromatic carbocycles. The lowest BCUT2D eigenvalue weighted by Crippen LogP contribution is -2.38. The van der Waals surface area contributed by atoms with Gasteiger partial charge in [-0.25, -0.2) is 5.06 Å². The second-order valence-corrected chi connectivity index (χ2v) is 4.73. The first kappa shape index (κ1) is 11.6. The molecule has 2 bridgehead atoms. The first-order chi connectivity index (χ1) is 8.72. The number of benzene rings is 1. The number of fused-ring (bicyclic) bond motifs is 2. The lowest BCUT2D eigenvalue weighted by atomic mass is 10.2. The molecule has 1 aliphatic heterocycles. The summed E-state index contributed by atoms with van der Waals surface area (Å²) < 4.78 is 5.39. The molecule has 0 saturated carbocycles. The SMILES string of the molecule is O=C(COc1ccc(Cl)cc1)N1OC2C=CC1C2. The normalized spacial score (nSPS) is 24.6. The van der Waals surface area contributed by atoms with Crippen molar-refractivity contribution in [2.45, 2.75) is 18.6 Å². The first-order valence-corrected chi connectivity index (χ1v) is 6.16. The van der Waals surface area contributed by atoms with E-state index in [-0.39, 0.29) is 24.7 Å². The van der Waals surface area contributed by atoms with Crippen molar-refractivity contribution in [2.24, 2.45) is 0 Å². The van der Waals surface area contributed by atoms with E-state index in [4.69, 9.17) is 21.2 Å². The van der Waals surface area contributed by atoms with Crippen LogP contribution in [0.15, 0.2) is 36.4 Å². The van der Waals surface area contributed by atoms with Gasteiger partial charge in [0.1, 0.15) is 11.9 Å². The minimum Gasteiger partial charge on any atom is -0.484 e. The van der Waals surface area contributed by atoms with Crippen molar-refractivity contribution in [3.05, 3.63) is 41.4 Å². The van der Waals surface area contributed by atoms with E-state index in [2.05, 4.69) is 0 Å². The Balaban J connectivity index is 1.56. The fourth-order valence-corrected chi connectivity index (χ4v) is 2.23. The maximum Gasteiger partial charge on any atom is 0.284 e. The third-order valence-corrected chi connectivity index (χ3v) is 3.25. The molecule has 18 heavy (non-hydrogen) atoms. The van der Waals surface area contributed by atoms with Gasteiger partial charge in [0.25, 0.3) is 5.91 Å². The van der Waals surface area contributed by atoms with Crippen molar-refractivity contribution in [3.63, 3.8) is 0 Å². The van der Waals surface area contributed by atoms with E-state index >= 15 is 0 Å². The van der Waals surface area contributed by atoms with Gasteiger partial charge in [-0.15, -0.1) is 0 Å². The molecule has 5 heteroatoms. The Morgan fingerprint density at radius 2 is 2.17 bits per heavy atom. The molecule has 4 nitrogen and oxygen atoms in total. The monoisotopic (exact) mass is 265 g/mol. The van der Waals surface area contributed by atoms with Crippen LogP contribution in [-0.4, -0.2) is 29.7 Å². The maximum absolute atomic E-state index is 11.9. The highest BCUT2D eigenvalue weighted by atomic mass is 35.5. The van der Waals surface area contributed by atoms with Crippen LogP contribution in [0.5, 0.6) is 5.75 Å². The summed E-state index contributed by atoms with van der Waals surface area (Å²) in [5.41, 5.74) is 0. The van der Waals surface area contributed by atoms with Gasteiger partial charge in [-0.3, -0.25) is 9.63 Å². The average Bonchev–Trinajstić information content (AvgIpc) is 3.00. The zero-order valence-electron chi connectivity index (χ0n) is 9.58. The standard InChI is InChI=1S/C13H12ClNO3/c14-9-1-4-11(5-2-9)17-8-13(16)15-10-3-6-12(7-10)18-15/h1-6,10,12H,7-8H2. The van der Waals surface area contributed by atoms with Gasteiger partial charge in [-0.2, -0.15) is 0 Å². The van der Waals surface area contributed by atoms with Crippen molar-refractivity contribution in [3.8, 4) is 5.75 Å². The molecule has 0 radical (unpaired) electrons. The van der Waals surface area contributed by atoms with E-state index in [0.29, 0.717) is 10.8 Å². The predicted octanol–water partition coefficient (Wildman–Crippen LogP) is 2.19. The number of hydrogen-bond acceptors (Lipinski definition) is 3. The number of carbonyl (C=O) groups excluding carboxylic acids is 1. The molecular weight excluding hydrogens is 254 g/mol. The predicted molar refractivity (Wildman–Crippen MR) is 66.2 cm³/mol. The number of amides is 1. The minimum atomic E-state index is -0.165. The summed E-state index contributed by atoms with van der Waals surface area (Å²) in [6, 6.07) is 6.96. The summed E-state index contributed by atoms with van der Waals surface area (Å²) in [4.78, 5) is 17.3. The third-order valence-electron chi connectivity index (χ3n) is 2.99. The first-order valence-electron chi connectivity index (χ1n) is 5.78. The fourth-order valence-electron chi connectivity index (χ4n) is 2.11. The van der Waals surface area contributed by atoms with Gasteiger partial charge in [0.2, 0.25) is 0 Å². The molecule has 0 spiro atoms. The number of hydrogen-bond donors (Lipinski definition) is 0.